The van der Waals surface area contributed by atoms with E-state index in [2.05, 4.69) is 30.2 Å². The number of thiazole rings is 1. The third kappa shape index (κ3) is 6.86. The summed E-state index contributed by atoms with van der Waals surface area (Å²) in [5, 5.41) is 0.741. The minimum atomic E-state index is -0.0347. The molecule has 2 aromatic carbocycles. The van der Waals surface area contributed by atoms with Gasteiger partial charge in [0.05, 0.1) is 30.0 Å². The Balaban J connectivity index is 0.00000324. The number of thioether (sulfide) groups is 1. The second-order valence-electron chi connectivity index (χ2n) is 7.97. The maximum absolute atomic E-state index is 13.6. The number of halogens is 1. The number of ether oxygens (including phenoxy) is 2. The number of aromatic nitrogens is 1. The van der Waals surface area contributed by atoms with Gasteiger partial charge in [-0.1, -0.05) is 24.7 Å². The van der Waals surface area contributed by atoms with Crippen LogP contribution in [0.25, 0.3) is 10.2 Å². The molecule has 0 atom stereocenters. The van der Waals surface area contributed by atoms with Crippen LogP contribution in [0.15, 0.2) is 47.4 Å². The predicted molar refractivity (Wildman–Crippen MR) is 144 cm³/mol. The van der Waals surface area contributed by atoms with Gasteiger partial charge in [-0.2, -0.15) is 0 Å². The highest BCUT2D eigenvalue weighted by Gasteiger charge is 2.23. The average Bonchev–Trinajstić information content (AvgIpc) is 3.28. The van der Waals surface area contributed by atoms with Gasteiger partial charge in [0.15, 0.2) is 5.13 Å². The molecule has 3 aromatic rings. The van der Waals surface area contributed by atoms with Gasteiger partial charge in [0.1, 0.15) is 5.75 Å². The molecule has 34 heavy (non-hydrogen) atoms. The Labute approximate surface area is 216 Å². The summed E-state index contributed by atoms with van der Waals surface area (Å²) in [4.78, 5) is 23.8. The Kier molecular flexibility index (Phi) is 10.5. The van der Waals surface area contributed by atoms with E-state index in [0.29, 0.717) is 18.7 Å². The van der Waals surface area contributed by atoms with Gasteiger partial charge in [0.25, 0.3) is 5.91 Å². The lowest BCUT2D eigenvalue weighted by Crippen LogP contribution is -2.43. The van der Waals surface area contributed by atoms with Crippen molar-refractivity contribution < 1.29 is 14.3 Å². The first-order valence-corrected chi connectivity index (χ1v) is 13.5. The highest BCUT2D eigenvalue weighted by Crippen LogP contribution is 2.32. The fourth-order valence-corrected chi connectivity index (χ4v) is 5.21. The summed E-state index contributed by atoms with van der Waals surface area (Å²) in [5.74, 6) is 0.761. The van der Waals surface area contributed by atoms with Crippen molar-refractivity contribution >= 4 is 56.8 Å². The monoisotopic (exact) mass is 521 g/mol. The van der Waals surface area contributed by atoms with Crippen molar-refractivity contribution in [2.75, 3.05) is 57.2 Å². The highest BCUT2D eigenvalue weighted by molar-refractivity contribution is 7.98. The van der Waals surface area contributed by atoms with Gasteiger partial charge >= 0.3 is 0 Å². The number of carbonyl (C=O) groups excluding carboxylic acids is 1. The topological polar surface area (TPSA) is 54.9 Å². The summed E-state index contributed by atoms with van der Waals surface area (Å²) in [6, 6.07) is 13.7. The van der Waals surface area contributed by atoms with Gasteiger partial charge in [-0.3, -0.25) is 14.6 Å². The molecule has 4 rings (SSSR count). The number of hydrogen-bond donors (Lipinski definition) is 0. The van der Waals surface area contributed by atoms with Crippen LogP contribution in [0.5, 0.6) is 5.75 Å². The van der Waals surface area contributed by atoms with Crippen molar-refractivity contribution in [1.82, 2.24) is 9.88 Å². The Morgan fingerprint density at radius 2 is 1.97 bits per heavy atom. The lowest BCUT2D eigenvalue weighted by molar-refractivity contribution is 0.0391. The van der Waals surface area contributed by atoms with Crippen molar-refractivity contribution in [2.24, 2.45) is 0 Å². The maximum atomic E-state index is 13.6. The molecule has 6 nitrogen and oxygen atoms in total. The van der Waals surface area contributed by atoms with Crippen LogP contribution in [0.4, 0.5) is 5.13 Å². The van der Waals surface area contributed by atoms with E-state index >= 15 is 0 Å². The van der Waals surface area contributed by atoms with Crippen molar-refractivity contribution in [3.05, 3.63) is 48.0 Å². The summed E-state index contributed by atoms with van der Waals surface area (Å²) in [6.45, 7) is 7.48. The highest BCUT2D eigenvalue weighted by atomic mass is 35.5. The smallest absolute Gasteiger partial charge is 0.260 e. The molecule has 0 N–H and O–H groups in total. The van der Waals surface area contributed by atoms with E-state index in [1.807, 2.05) is 35.2 Å². The lowest BCUT2D eigenvalue weighted by Gasteiger charge is -2.29. The van der Waals surface area contributed by atoms with E-state index in [1.54, 1.807) is 23.1 Å². The number of hydrogen-bond acceptors (Lipinski definition) is 7. The van der Waals surface area contributed by atoms with E-state index in [0.717, 1.165) is 66.8 Å². The third-order valence-electron chi connectivity index (χ3n) is 5.67. The standard InChI is InChI=1S/C25H31N3O3S2.ClH/c1-3-4-15-31-20-7-5-19(6-8-20)24(29)28(12-11-27-13-16-30-17-14-27)25-26-22-10-9-21(32-2)18-23(22)33-25;/h5-10,18H,3-4,11-17H2,1-2H3;1H. The summed E-state index contributed by atoms with van der Waals surface area (Å²) in [7, 11) is 0. The molecule has 1 aliphatic heterocycles. The number of fused-ring (bicyclic) bond motifs is 1. The Morgan fingerprint density at radius 3 is 2.68 bits per heavy atom. The Hall–Kier alpha value is -1.84. The van der Waals surface area contributed by atoms with Crippen LogP contribution < -0.4 is 9.64 Å². The molecular weight excluding hydrogens is 490 g/mol. The molecule has 184 valence electrons. The van der Waals surface area contributed by atoms with Gasteiger partial charge in [-0.25, -0.2) is 4.98 Å². The predicted octanol–water partition coefficient (Wildman–Crippen LogP) is 5.60. The third-order valence-corrected chi connectivity index (χ3v) is 7.44. The largest absolute Gasteiger partial charge is 0.494 e. The van der Waals surface area contributed by atoms with Crippen LogP contribution in [-0.2, 0) is 4.74 Å². The Morgan fingerprint density at radius 1 is 1.21 bits per heavy atom. The summed E-state index contributed by atoms with van der Waals surface area (Å²) >= 11 is 3.28. The first kappa shape index (κ1) is 26.8. The number of unbranched alkanes of at least 4 members (excludes halogenated alkanes) is 1. The fraction of sp³-hybridized carbons (Fsp3) is 0.440. The lowest BCUT2D eigenvalue weighted by atomic mass is 10.2. The SMILES string of the molecule is CCCCOc1ccc(C(=O)N(CCN2CCOCC2)c2nc3ccc(SC)cc3s2)cc1.Cl. The Bertz CT molecular complexity index is 1060. The van der Waals surface area contributed by atoms with Gasteiger partial charge < -0.3 is 9.47 Å². The van der Waals surface area contributed by atoms with E-state index < -0.39 is 0 Å². The zero-order valence-corrected chi connectivity index (χ0v) is 22.1. The summed E-state index contributed by atoms with van der Waals surface area (Å²) in [5.41, 5.74) is 1.57. The summed E-state index contributed by atoms with van der Waals surface area (Å²) < 4.78 is 12.3. The van der Waals surface area contributed by atoms with Gasteiger partial charge in [0, 0.05) is 36.6 Å². The molecule has 1 fully saturated rings. The molecule has 1 amide bonds. The second-order valence-corrected chi connectivity index (χ2v) is 9.86. The number of benzene rings is 2. The summed E-state index contributed by atoms with van der Waals surface area (Å²) in [6.07, 6.45) is 4.18. The fourth-order valence-electron chi connectivity index (χ4n) is 3.67. The van der Waals surface area contributed by atoms with Gasteiger partial charge in [0.2, 0.25) is 0 Å². The number of amides is 1. The van der Waals surface area contributed by atoms with Crippen molar-refractivity contribution in [1.29, 1.82) is 0 Å². The van der Waals surface area contributed by atoms with E-state index in [-0.39, 0.29) is 18.3 Å². The van der Waals surface area contributed by atoms with Crippen molar-refractivity contribution in [3.8, 4) is 5.75 Å². The first-order chi connectivity index (χ1) is 16.2. The average molecular weight is 522 g/mol. The maximum Gasteiger partial charge on any atom is 0.260 e. The van der Waals surface area contributed by atoms with E-state index in [1.165, 1.54) is 4.90 Å². The molecule has 0 spiro atoms. The number of nitrogens with zero attached hydrogens (tertiary/aromatic N) is 3. The quantitative estimate of drug-likeness (QED) is 0.256. The number of carbonyl (C=O) groups is 1. The minimum absolute atomic E-state index is 0. The van der Waals surface area contributed by atoms with Gasteiger partial charge in [-0.15, -0.1) is 24.2 Å². The zero-order valence-electron chi connectivity index (χ0n) is 19.7. The van der Waals surface area contributed by atoms with Crippen LogP contribution in [-0.4, -0.2) is 68.0 Å². The van der Waals surface area contributed by atoms with Gasteiger partial charge in [-0.05, 0) is 55.1 Å². The molecule has 1 aromatic heterocycles. The van der Waals surface area contributed by atoms with E-state index in [4.69, 9.17) is 14.5 Å². The molecule has 1 aliphatic rings. The van der Waals surface area contributed by atoms with Crippen molar-refractivity contribution in [3.63, 3.8) is 0 Å². The van der Waals surface area contributed by atoms with Crippen LogP contribution in [0.2, 0.25) is 0 Å². The molecule has 1 saturated heterocycles. The second kappa shape index (κ2) is 13.3. The van der Waals surface area contributed by atoms with Crippen LogP contribution >= 0.6 is 35.5 Å². The molecule has 0 bridgehead atoms. The molecule has 2 heterocycles. The number of anilines is 1. The van der Waals surface area contributed by atoms with Crippen molar-refractivity contribution in [2.45, 2.75) is 24.7 Å². The molecular formula is C25H32ClN3O3S2. The first-order valence-electron chi connectivity index (χ1n) is 11.5. The van der Waals surface area contributed by atoms with E-state index in [9.17, 15) is 4.79 Å². The molecule has 0 aliphatic carbocycles. The van der Waals surface area contributed by atoms with Crippen LogP contribution in [0, 0.1) is 0 Å². The minimum Gasteiger partial charge on any atom is -0.494 e. The van der Waals surface area contributed by atoms with Crippen LogP contribution in [0.1, 0.15) is 30.1 Å². The molecule has 0 radical (unpaired) electrons. The molecule has 0 saturated carbocycles. The molecule has 0 unspecified atom stereocenters. The normalized spacial score (nSPS) is 14.1. The number of morpholine rings is 1. The molecule has 9 heteroatoms. The number of rotatable bonds is 10. The van der Waals surface area contributed by atoms with Crippen LogP contribution in [0.3, 0.4) is 0 Å². The zero-order chi connectivity index (χ0) is 23.0.